The van der Waals surface area contributed by atoms with Crippen molar-refractivity contribution in [1.29, 1.82) is 0 Å². The molecule has 0 saturated carbocycles. The fraction of sp³-hybridized carbons (Fsp3) is 0.0909. The largest absolute Gasteiger partial charge is 0.495 e. The van der Waals surface area contributed by atoms with Crippen molar-refractivity contribution < 1.29 is 18.8 Å². The summed E-state index contributed by atoms with van der Waals surface area (Å²) in [5.74, 6) is 0.194. The van der Waals surface area contributed by atoms with Gasteiger partial charge in [0.05, 0.1) is 19.0 Å². The van der Waals surface area contributed by atoms with E-state index in [2.05, 4.69) is 10.5 Å². The van der Waals surface area contributed by atoms with E-state index < -0.39 is 0 Å². The van der Waals surface area contributed by atoms with Gasteiger partial charge in [-0.1, -0.05) is 53.7 Å². The zero-order chi connectivity index (χ0) is 19.3. The molecule has 0 saturated heterocycles. The van der Waals surface area contributed by atoms with Gasteiger partial charge in [-0.2, -0.15) is 0 Å². The molecule has 0 aliphatic rings. The molecule has 0 spiro atoms. The van der Waals surface area contributed by atoms with E-state index in [1.54, 1.807) is 19.4 Å². The van der Waals surface area contributed by atoms with Crippen LogP contribution in [0.25, 0.3) is 21.9 Å². The van der Waals surface area contributed by atoms with E-state index >= 15 is 0 Å². The lowest BCUT2D eigenvalue weighted by molar-refractivity contribution is -0.120. The van der Waals surface area contributed by atoms with Gasteiger partial charge >= 0.3 is 0 Å². The van der Waals surface area contributed by atoms with Crippen LogP contribution < -0.4 is 10.1 Å². The SMILES string of the molecule is COc1cc2c(cc1NC(=O)CO/N=C\c1ccccc1)oc1ccccc12. The molecular formula is C22H18N2O4. The first kappa shape index (κ1) is 17.6. The van der Waals surface area contributed by atoms with Crippen LogP contribution in [-0.4, -0.2) is 25.8 Å². The Bertz CT molecular complexity index is 1150. The predicted molar refractivity (Wildman–Crippen MR) is 109 cm³/mol. The molecule has 4 aromatic rings. The summed E-state index contributed by atoms with van der Waals surface area (Å²) in [5.41, 5.74) is 2.84. The second-order valence-corrected chi connectivity index (χ2v) is 6.11. The topological polar surface area (TPSA) is 73.1 Å². The quantitative estimate of drug-likeness (QED) is 0.396. The third-order valence-electron chi connectivity index (χ3n) is 4.24. The summed E-state index contributed by atoms with van der Waals surface area (Å²) in [7, 11) is 1.56. The molecule has 0 radical (unpaired) electrons. The number of fused-ring (bicyclic) bond motifs is 3. The second-order valence-electron chi connectivity index (χ2n) is 6.11. The Morgan fingerprint density at radius 2 is 1.82 bits per heavy atom. The minimum atomic E-state index is -0.348. The fourth-order valence-electron chi connectivity index (χ4n) is 2.94. The van der Waals surface area contributed by atoms with Crippen molar-refractivity contribution in [3.8, 4) is 5.75 Å². The number of ether oxygens (including phenoxy) is 1. The number of furan rings is 1. The van der Waals surface area contributed by atoms with Crippen LogP contribution in [0.1, 0.15) is 5.56 Å². The normalized spacial score (nSPS) is 11.2. The van der Waals surface area contributed by atoms with Crippen molar-refractivity contribution in [1.82, 2.24) is 0 Å². The third-order valence-corrected chi connectivity index (χ3v) is 4.24. The van der Waals surface area contributed by atoms with E-state index in [0.29, 0.717) is 17.0 Å². The molecule has 1 amide bonds. The standard InChI is InChI=1S/C22H18N2O4/c1-26-21-11-17-16-9-5-6-10-19(16)28-20(17)12-18(21)24-22(25)14-27-23-13-15-7-3-2-4-8-15/h2-13H,14H2,1H3,(H,24,25)/b23-13-. The van der Waals surface area contributed by atoms with Gasteiger partial charge in [0.1, 0.15) is 16.9 Å². The number of anilines is 1. The van der Waals surface area contributed by atoms with Crippen molar-refractivity contribution in [3.05, 3.63) is 72.3 Å². The number of rotatable bonds is 6. The summed E-state index contributed by atoms with van der Waals surface area (Å²) in [6.45, 7) is -0.218. The number of methoxy groups -OCH3 is 1. The van der Waals surface area contributed by atoms with Crippen LogP contribution >= 0.6 is 0 Å². The molecule has 28 heavy (non-hydrogen) atoms. The molecule has 0 atom stereocenters. The summed E-state index contributed by atoms with van der Waals surface area (Å²) in [6.07, 6.45) is 1.55. The summed E-state index contributed by atoms with van der Waals surface area (Å²) < 4.78 is 11.3. The highest BCUT2D eigenvalue weighted by Crippen LogP contribution is 2.36. The van der Waals surface area contributed by atoms with Crippen molar-refractivity contribution in [2.24, 2.45) is 5.16 Å². The maximum absolute atomic E-state index is 12.2. The van der Waals surface area contributed by atoms with Gasteiger partial charge in [0, 0.05) is 16.8 Å². The number of carbonyl (C=O) groups excluding carboxylic acids is 1. The molecule has 1 N–H and O–H groups in total. The smallest absolute Gasteiger partial charge is 0.265 e. The van der Waals surface area contributed by atoms with Gasteiger partial charge in [0.15, 0.2) is 6.61 Å². The maximum Gasteiger partial charge on any atom is 0.265 e. The second kappa shape index (κ2) is 7.84. The molecule has 0 aliphatic carbocycles. The molecule has 0 bridgehead atoms. The Kier molecular flexibility index (Phi) is 4.93. The first-order valence-corrected chi connectivity index (χ1v) is 8.74. The van der Waals surface area contributed by atoms with Crippen LogP contribution in [0.3, 0.4) is 0 Å². The van der Waals surface area contributed by atoms with E-state index in [9.17, 15) is 4.79 Å². The Balaban J connectivity index is 1.48. The van der Waals surface area contributed by atoms with E-state index in [1.807, 2.05) is 60.7 Å². The molecular weight excluding hydrogens is 356 g/mol. The summed E-state index contributed by atoms with van der Waals surface area (Å²) in [5, 5.41) is 8.50. The van der Waals surface area contributed by atoms with Gasteiger partial charge in [-0.3, -0.25) is 4.79 Å². The van der Waals surface area contributed by atoms with E-state index in [1.165, 1.54) is 0 Å². The lowest BCUT2D eigenvalue weighted by atomic mass is 10.1. The highest BCUT2D eigenvalue weighted by molar-refractivity contribution is 6.07. The first-order valence-electron chi connectivity index (χ1n) is 8.74. The summed E-state index contributed by atoms with van der Waals surface area (Å²) in [4.78, 5) is 17.3. The van der Waals surface area contributed by atoms with Gasteiger partial charge in [0.2, 0.25) is 0 Å². The molecule has 140 valence electrons. The Labute approximate surface area is 161 Å². The molecule has 6 nitrogen and oxygen atoms in total. The monoisotopic (exact) mass is 374 g/mol. The Hall–Kier alpha value is -3.80. The Morgan fingerprint density at radius 1 is 1.04 bits per heavy atom. The number of hydrogen-bond acceptors (Lipinski definition) is 5. The van der Waals surface area contributed by atoms with Crippen LogP contribution in [0.2, 0.25) is 0 Å². The van der Waals surface area contributed by atoms with Crippen LogP contribution in [-0.2, 0) is 9.63 Å². The van der Waals surface area contributed by atoms with Crippen molar-refractivity contribution in [3.63, 3.8) is 0 Å². The molecule has 0 aliphatic heterocycles. The zero-order valence-corrected chi connectivity index (χ0v) is 15.2. The summed E-state index contributed by atoms with van der Waals surface area (Å²) >= 11 is 0. The minimum absolute atomic E-state index is 0.218. The van der Waals surface area contributed by atoms with Crippen LogP contribution in [0.4, 0.5) is 5.69 Å². The van der Waals surface area contributed by atoms with Crippen LogP contribution in [0.5, 0.6) is 5.75 Å². The van der Waals surface area contributed by atoms with E-state index in [0.717, 1.165) is 21.9 Å². The molecule has 1 aromatic heterocycles. The average Bonchev–Trinajstić information content (AvgIpc) is 3.08. The molecule has 1 heterocycles. The molecule has 4 rings (SSSR count). The van der Waals surface area contributed by atoms with Crippen molar-refractivity contribution in [2.45, 2.75) is 0 Å². The fourth-order valence-corrected chi connectivity index (χ4v) is 2.94. The summed E-state index contributed by atoms with van der Waals surface area (Å²) in [6, 6.07) is 20.8. The first-order chi connectivity index (χ1) is 13.7. The number of oxime groups is 1. The van der Waals surface area contributed by atoms with Crippen LogP contribution in [0, 0.1) is 0 Å². The highest BCUT2D eigenvalue weighted by atomic mass is 16.6. The predicted octanol–water partition coefficient (Wildman–Crippen LogP) is 4.58. The number of carbonyl (C=O) groups is 1. The maximum atomic E-state index is 12.2. The average molecular weight is 374 g/mol. The third kappa shape index (κ3) is 3.66. The molecule has 3 aromatic carbocycles. The van der Waals surface area contributed by atoms with Gasteiger partial charge < -0.3 is 19.3 Å². The number of amides is 1. The molecule has 6 heteroatoms. The number of para-hydroxylation sites is 1. The lowest BCUT2D eigenvalue weighted by Gasteiger charge is -2.09. The van der Waals surface area contributed by atoms with E-state index in [4.69, 9.17) is 14.0 Å². The molecule has 0 fully saturated rings. The van der Waals surface area contributed by atoms with Gasteiger partial charge in [-0.25, -0.2) is 0 Å². The Morgan fingerprint density at radius 3 is 2.64 bits per heavy atom. The van der Waals surface area contributed by atoms with Gasteiger partial charge in [0.25, 0.3) is 5.91 Å². The zero-order valence-electron chi connectivity index (χ0n) is 15.2. The highest BCUT2D eigenvalue weighted by Gasteiger charge is 2.14. The number of nitrogens with one attached hydrogen (secondary N) is 1. The lowest BCUT2D eigenvalue weighted by Crippen LogP contribution is -2.17. The number of nitrogens with zero attached hydrogens (tertiary/aromatic N) is 1. The van der Waals surface area contributed by atoms with Gasteiger partial charge in [-0.05, 0) is 17.7 Å². The van der Waals surface area contributed by atoms with Crippen LogP contribution in [0.15, 0.2) is 76.3 Å². The number of benzene rings is 3. The number of hydrogen-bond donors (Lipinski definition) is 1. The van der Waals surface area contributed by atoms with Crippen molar-refractivity contribution in [2.75, 3.05) is 19.0 Å². The van der Waals surface area contributed by atoms with E-state index in [-0.39, 0.29) is 12.5 Å². The molecule has 0 unspecified atom stereocenters. The minimum Gasteiger partial charge on any atom is -0.495 e. The van der Waals surface area contributed by atoms with Crippen molar-refractivity contribution >= 4 is 39.7 Å². The van der Waals surface area contributed by atoms with Gasteiger partial charge in [-0.15, -0.1) is 0 Å².